The number of methoxy groups -OCH3 is 1. The molecule has 1 saturated heterocycles. The number of nitrogens with zero attached hydrogens (tertiary/aromatic N) is 1. The summed E-state index contributed by atoms with van der Waals surface area (Å²) < 4.78 is 15.4. The second-order valence-corrected chi connectivity index (χ2v) is 6.68. The average Bonchev–Trinajstić information content (AvgIpc) is 3.07. The number of nitro groups is 1. The summed E-state index contributed by atoms with van der Waals surface area (Å²) in [5.41, 5.74) is 0.0886. The van der Waals surface area contributed by atoms with Gasteiger partial charge in [-0.1, -0.05) is 12.2 Å². The third-order valence-electron chi connectivity index (χ3n) is 4.69. The molecule has 1 fully saturated rings. The molecule has 29 heavy (non-hydrogen) atoms. The molecule has 1 aliphatic heterocycles. The van der Waals surface area contributed by atoms with Crippen molar-refractivity contribution in [2.24, 2.45) is 5.92 Å². The first kappa shape index (κ1) is 22.5. The zero-order valence-corrected chi connectivity index (χ0v) is 16.2. The minimum atomic E-state index is -0.739. The summed E-state index contributed by atoms with van der Waals surface area (Å²) in [5.74, 6) is -1.22. The molecular formula is C20H25NO8. The zero-order chi connectivity index (χ0) is 21.2. The highest BCUT2D eigenvalue weighted by molar-refractivity contribution is 5.89. The highest BCUT2D eigenvalue weighted by Crippen LogP contribution is 2.25. The molecule has 1 N–H and O–H groups in total. The second-order valence-electron chi connectivity index (χ2n) is 6.68. The van der Waals surface area contributed by atoms with Crippen LogP contribution in [0.15, 0.2) is 36.4 Å². The molecule has 1 heterocycles. The van der Waals surface area contributed by atoms with Crippen LogP contribution in [0, 0.1) is 16.0 Å². The lowest BCUT2D eigenvalue weighted by Crippen LogP contribution is -2.29. The van der Waals surface area contributed by atoms with E-state index in [2.05, 4.69) is 4.74 Å². The molecule has 0 radical (unpaired) electrons. The molecule has 9 heteroatoms. The summed E-state index contributed by atoms with van der Waals surface area (Å²) >= 11 is 0. The van der Waals surface area contributed by atoms with Gasteiger partial charge in [0, 0.05) is 24.5 Å². The van der Waals surface area contributed by atoms with Gasteiger partial charge in [0.2, 0.25) is 0 Å². The Morgan fingerprint density at radius 1 is 1.31 bits per heavy atom. The minimum absolute atomic E-state index is 0.0160. The van der Waals surface area contributed by atoms with Crippen LogP contribution >= 0.6 is 0 Å². The molecule has 158 valence electrons. The molecule has 0 bridgehead atoms. The van der Waals surface area contributed by atoms with Crippen molar-refractivity contribution in [3.05, 3.63) is 52.1 Å². The maximum Gasteiger partial charge on any atom is 0.338 e. The van der Waals surface area contributed by atoms with Gasteiger partial charge in [-0.3, -0.25) is 14.9 Å². The Balaban J connectivity index is 1.79. The lowest BCUT2D eigenvalue weighted by atomic mass is 9.97. The van der Waals surface area contributed by atoms with Crippen molar-refractivity contribution < 1.29 is 33.8 Å². The quantitative estimate of drug-likeness (QED) is 0.206. The Labute approximate surface area is 168 Å². The van der Waals surface area contributed by atoms with E-state index in [0.717, 1.165) is 6.42 Å². The predicted octanol–water partition coefficient (Wildman–Crippen LogP) is 2.42. The SMILES string of the molecule is COC(=O)CCCC=CC[C@H]1OC[C@@H](O)[C@@H]1COC(=O)c1ccc([N+](=O)[O-])cc1. The van der Waals surface area contributed by atoms with Crippen molar-refractivity contribution in [2.45, 2.75) is 37.9 Å². The van der Waals surface area contributed by atoms with Crippen molar-refractivity contribution in [3.8, 4) is 0 Å². The molecule has 1 aromatic carbocycles. The van der Waals surface area contributed by atoms with Gasteiger partial charge in [-0.15, -0.1) is 0 Å². The molecule has 9 nitrogen and oxygen atoms in total. The summed E-state index contributed by atoms with van der Waals surface area (Å²) in [7, 11) is 1.36. The van der Waals surface area contributed by atoms with Crippen molar-refractivity contribution in [1.82, 2.24) is 0 Å². The van der Waals surface area contributed by atoms with Crippen molar-refractivity contribution >= 4 is 17.6 Å². The van der Waals surface area contributed by atoms with Crippen LogP contribution < -0.4 is 0 Å². The van der Waals surface area contributed by atoms with Crippen LogP contribution in [0.4, 0.5) is 5.69 Å². The second kappa shape index (κ2) is 11.3. The lowest BCUT2D eigenvalue weighted by Gasteiger charge is -2.19. The van der Waals surface area contributed by atoms with Gasteiger partial charge >= 0.3 is 11.9 Å². The van der Waals surface area contributed by atoms with Gasteiger partial charge in [0.25, 0.3) is 5.69 Å². The number of ether oxygens (including phenoxy) is 3. The smallest absolute Gasteiger partial charge is 0.338 e. The van der Waals surface area contributed by atoms with E-state index in [1.807, 2.05) is 12.2 Å². The van der Waals surface area contributed by atoms with E-state index in [1.165, 1.54) is 31.4 Å². The van der Waals surface area contributed by atoms with E-state index < -0.39 is 17.0 Å². The number of aliphatic hydroxyl groups excluding tert-OH is 1. The molecule has 0 saturated carbocycles. The molecule has 3 atom stereocenters. The van der Waals surface area contributed by atoms with E-state index in [9.17, 15) is 24.8 Å². The zero-order valence-electron chi connectivity index (χ0n) is 16.2. The van der Waals surface area contributed by atoms with E-state index in [4.69, 9.17) is 9.47 Å². The van der Waals surface area contributed by atoms with Gasteiger partial charge in [-0.05, 0) is 31.4 Å². The average molecular weight is 407 g/mol. The number of nitro benzene ring substituents is 1. The van der Waals surface area contributed by atoms with E-state index >= 15 is 0 Å². The number of carbonyl (C=O) groups is 2. The number of benzene rings is 1. The summed E-state index contributed by atoms with van der Waals surface area (Å²) in [4.78, 5) is 33.3. The van der Waals surface area contributed by atoms with Crippen molar-refractivity contribution in [2.75, 3.05) is 20.3 Å². The van der Waals surface area contributed by atoms with Gasteiger partial charge in [0.1, 0.15) is 0 Å². The van der Waals surface area contributed by atoms with E-state index in [1.54, 1.807) is 0 Å². The first-order valence-electron chi connectivity index (χ1n) is 9.35. The topological polar surface area (TPSA) is 125 Å². The van der Waals surface area contributed by atoms with Crippen LogP contribution in [-0.4, -0.2) is 54.5 Å². The van der Waals surface area contributed by atoms with Crippen LogP contribution in [0.25, 0.3) is 0 Å². The fourth-order valence-corrected chi connectivity index (χ4v) is 2.97. The Morgan fingerprint density at radius 2 is 2.03 bits per heavy atom. The molecule has 0 aromatic heterocycles. The van der Waals surface area contributed by atoms with Gasteiger partial charge in [0.15, 0.2) is 0 Å². The highest BCUT2D eigenvalue weighted by atomic mass is 16.6. The number of hydrogen-bond acceptors (Lipinski definition) is 8. The third kappa shape index (κ3) is 6.95. The highest BCUT2D eigenvalue weighted by Gasteiger charge is 2.36. The van der Waals surface area contributed by atoms with Gasteiger partial charge in [-0.2, -0.15) is 0 Å². The van der Waals surface area contributed by atoms with Gasteiger partial charge in [0.05, 0.1) is 43.0 Å². The summed E-state index contributed by atoms with van der Waals surface area (Å²) in [6.07, 6.45) is 5.17. The van der Waals surface area contributed by atoms with Crippen molar-refractivity contribution in [3.63, 3.8) is 0 Å². The minimum Gasteiger partial charge on any atom is -0.469 e. The number of rotatable bonds is 10. The third-order valence-corrected chi connectivity index (χ3v) is 4.69. The monoisotopic (exact) mass is 407 g/mol. The standard InChI is InChI=1S/C20H25NO8/c1-27-19(23)7-5-3-2-4-6-18-16(17(22)13-28-18)12-29-20(24)14-8-10-15(11-9-14)21(25)26/h2,4,8-11,16-18,22H,3,5-7,12-13H2,1H3/t16-,17+,18+/m0/s1. The predicted molar refractivity (Wildman–Crippen MR) is 102 cm³/mol. The van der Waals surface area contributed by atoms with Crippen LogP contribution in [0.3, 0.4) is 0 Å². The molecule has 0 unspecified atom stereocenters. The number of esters is 2. The van der Waals surface area contributed by atoms with Gasteiger partial charge in [-0.25, -0.2) is 4.79 Å². The number of non-ortho nitro benzene ring substituents is 1. The number of allylic oxidation sites excluding steroid dienone is 1. The molecule has 0 aliphatic carbocycles. The van der Waals surface area contributed by atoms with Crippen molar-refractivity contribution in [1.29, 1.82) is 0 Å². The number of aliphatic hydroxyl groups is 1. The Morgan fingerprint density at radius 3 is 2.69 bits per heavy atom. The number of hydrogen-bond donors (Lipinski definition) is 1. The summed E-state index contributed by atoms with van der Waals surface area (Å²) in [6, 6.07) is 5.13. The van der Waals surface area contributed by atoms with Crippen LogP contribution in [0.5, 0.6) is 0 Å². The van der Waals surface area contributed by atoms with Crippen LogP contribution in [-0.2, 0) is 19.0 Å². The van der Waals surface area contributed by atoms with Crippen LogP contribution in [0.2, 0.25) is 0 Å². The van der Waals surface area contributed by atoms with Gasteiger partial charge < -0.3 is 19.3 Å². The Bertz CT molecular complexity index is 731. The molecule has 2 rings (SSSR count). The molecule has 0 amide bonds. The largest absolute Gasteiger partial charge is 0.469 e. The number of unbranched alkanes of at least 4 members (excludes halogenated alkanes) is 1. The van der Waals surface area contributed by atoms with E-state index in [-0.39, 0.29) is 42.5 Å². The summed E-state index contributed by atoms with van der Waals surface area (Å²) in [6.45, 7) is 0.151. The Kier molecular flexibility index (Phi) is 8.75. The molecule has 0 spiro atoms. The fourth-order valence-electron chi connectivity index (χ4n) is 2.97. The van der Waals surface area contributed by atoms with E-state index in [0.29, 0.717) is 19.3 Å². The molecule has 1 aromatic rings. The fraction of sp³-hybridized carbons (Fsp3) is 0.500. The van der Waals surface area contributed by atoms with Crippen LogP contribution in [0.1, 0.15) is 36.0 Å². The maximum absolute atomic E-state index is 12.1. The molecule has 1 aliphatic rings. The maximum atomic E-state index is 12.1. The number of carbonyl (C=O) groups excluding carboxylic acids is 2. The lowest BCUT2D eigenvalue weighted by molar-refractivity contribution is -0.384. The summed E-state index contributed by atoms with van der Waals surface area (Å²) in [5, 5.41) is 20.8. The molecular weight excluding hydrogens is 382 g/mol. The first-order valence-corrected chi connectivity index (χ1v) is 9.35. The Hall–Kier alpha value is -2.78. The normalized spacial score (nSPS) is 21.2. The first-order chi connectivity index (χ1) is 13.9.